The number of nitrogens with zero attached hydrogens (tertiary/aromatic N) is 2. The maximum atomic E-state index is 5.67. The lowest BCUT2D eigenvalue weighted by Gasteiger charge is -1.88. The Bertz CT molecular complexity index is 378. The van der Waals surface area contributed by atoms with Crippen LogP contribution in [0.2, 0.25) is 0 Å². The summed E-state index contributed by atoms with van der Waals surface area (Å²) in [4.78, 5) is 8.16. The van der Waals surface area contributed by atoms with E-state index in [4.69, 9.17) is 11.5 Å². The molecule has 62 valence electrons. The molecular weight excluding hydrogens is 192 g/mol. The minimum atomic E-state index is 0.482. The first kappa shape index (κ1) is 7.51. The first-order chi connectivity index (χ1) is 5.77. The molecule has 0 fully saturated rings. The van der Waals surface area contributed by atoms with E-state index in [0.717, 1.165) is 5.69 Å². The van der Waals surface area contributed by atoms with Crippen molar-refractivity contribution in [3.8, 4) is 11.4 Å². The molecule has 12 heavy (non-hydrogen) atoms. The minimum absolute atomic E-state index is 0.482. The van der Waals surface area contributed by atoms with E-state index in [1.54, 1.807) is 5.51 Å². The normalized spacial score (nSPS) is 10.3. The van der Waals surface area contributed by atoms with Gasteiger partial charge in [-0.2, -0.15) is 0 Å². The molecule has 0 aliphatic rings. The van der Waals surface area contributed by atoms with Gasteiger partial charge in [-0.15, -0.1) is 11.3 Å². The Hall–Kier alpha value is -1.14. The molecule has 2 aromatic rings. The summed E-state index contributed by atoms with van der Waals surface area (Å²) in [7, 11) is 0. The van der Waals surface area contributed by atoms with Crippen molar-refractivity contribution in [3.63, 3.8) is 0 Å². The second-order valence-electron chi connectivity index (χ2n) is 2.14. The van der Waals surface area contributed by atoms with Gasteiger partial charge in [0.25, 0.3) is 0 Å². The van der Waals surface area contributed by atoms with E-state index in [9.17, 15) is 0 Å². The standard InChI is InChI=1S/C6H6N4S2/c7-5-4(10-6(8)12-5)3-1-11-2-9-3/h1-2H,7H2,(H2,8,10). The zero-order chi connectivity index (χ0) is 8.55. The molecule has 4 N–H and O–H groups in total. The van der Waals surface area contributed by atoms with Gasteiger partial charge in [0, 0.05) is 5.38 Å². The molecular formula is C6H6N4S2. The second kappa shape index (κ2) is 2.72. The predicted octanol–water partition coefficient (Wildman–Crippen LogP) is 1.43. The monoisotopic (exact) mass is 198 g/mol. The quantitative estimate of drug-likeness (QED) is 0.726. The number of aromatic nitrogens is 2. The van der Waals surface area contributed by atoms with Crippen molar-refractivity contribution >= 4 is 32.8 Å². The second-order valence-corrected chi connectivity index (χ2v) is 3.92. The number of nitrogens with two attached hydrogens (primary N) is 2. The van der Waals surface area contributed by atoms with Crippen LogP contribution in [0.4, 0.5) is 10.1 Å². The fourth-order valence-corrected chi connectivity index (χ4v) is 2.01. The van der Waals surface area contributed by atoms with Gasteiger partial charge < -0.3 is 11.5 Å². The third-order valence-corrected chi connectivity index (χ3v) is 2.65. The maximum Gasteiger partial charge on any atom is 0.182 e. The van der Waals surface area contributed by atoms with E-state index >= 15 is 0 Å². The summed E-state index contributed by atoms with van der Waals surface area (Å²) in [6.07, 6.45) is 0. The van der Waals surface area contributed by atoms with Crippen molar-refractivity contribution < 1.29 is 0 Å². The highest BCUT2D eigenvalue weighted by atomic mass is 32.1. The number of rotatable bonds is 1. The zero-order valence-electron chi connectivity index (χ0n) is 6.02. The summed E-state index contributed by atoms with van der Waals surface area (Å²) in [5.41, 5.74) is 14.4. The molecule has 6 heteroatoms. The molecule has 2 aromatic heterocycles. The van der Waals surface area contributed by atoms with E-state index in [-0.39, 0.29) is 0 Å². The van der Waals surface area contributed by atoms with E-state index in [0.29, 0.717) is 15.8 Å². The summed E-state index contributed by atoms with van der Waals surface area (Å²) in [5.74, 6) is 0. The van der Waals surface area contributed by atoms with Crippen LogP contribution in [0.25, 0.3) is 11.4 Å². The van der Waals surface area contributed by atoms with Gasteiger partial charge >= 0.3 is 0 Å². The Labute approximate surface area is 76.9 Å². The molecule has 0 aliphatic heterocycles. The topological polar surface area (TPSA) is 77.8 Å². The Morgan fingerprint density at radius 1 is 1.33 bits per heavy atom. The van der Waals surface area contributed by atoms with Gasteiger partial charge in [-0.05, 0) is 0 Å². The van der Waals surface area contributed by atoms with Crippen molar-refractivity contribution in [2.24, 2.45) is 0 Å². The van der Waals surface area contributed by atoms with Crippen LogP contribution < -0.4 is 11.5 Å². The van der Waals surface area contributed by atoms with Crippen LogP contribution in [0.15, 0.2) is 10.9 Å². The lowest BCUT2D eigenvalue weighted by molar-refractivity contribution is 1.34. The molecule has 2 rings (SSSR count). The molecule has 0 saturated carbocycles. The molecule has 0 unspecified atom stereocenters. The van der Waals surface area contributed by atoms with Crippen LogP contribution in [-0.4, -0.2) is 9.97 Å². The van der Waals surface area contributed by atoms with Gasteiger partial charge in [-0.1, -0.05) is 11.3 Å². The van der Waals surface area contributed by atoms with Crippen molar-refractivity contribution in [1.82, 2.24) is 9.97 Å². The Balaban J connectivity index is 2.54. The SMILES string of the molecule is Nc1nc(-c2cscn2)c(N)s1. The molecule has 4 nitrogen and oxygen atoms in total. The van der Waals surface area contributed by atoms with Crippen molar-refractivity contribution in [1.29, 1.82) is 0 Å². The lowest BCUT2D eigenvalue weighted by Crippen LogP contribution is -1.86. The van der Waals surface area contributed by atoms with Crippen LogP contribution in [0.5, 0.6) is 0 Å². The average Bonchev–Trinajstić information content (AvgIpc) is 2.58. The smallest absolute Gasteiger partial charge is 0.182 e. The molecule has 0 atom stereocenters. The highest BCUT2D eigenvalue weighted by molar-refractivity contribution is 7.19. The average molecular weight is 198 g/mol. The number of anilines is 2. The molecule has 2 heterocycles. The van der Waals surface area contributed by atoms with Crippen LogP contribution in [0.1, 0.15) is 0 Å². The highest BCUT2D eigenvalue weighted by Crippen LogP contribution is 2.31. The molecule has 0 spiro atoms. The number of hydrogen-bond acceptors (Lipinski definition) is 6. The third-order valence-electron chi connectivity index (χ3n) is 1.34. The molecule has 0 radical (unpaired) electrons. The van der Waals surface area contributed by atoms with Gasteiger partial charge in [0.2, 0.25) is 0 Å². The Kier molecular flexibility index (Phi) is 1.70. The summed E-state index contributed by atoms with van der Waals surface area (Å²) >= 11 is 2.79. The number of hydrogen-bond donors (Lipinski definition) is 2. The molecule has 0 saturated heterocycles. The number of thiazole rings is 2. The van der Waals surface area contributed by atoms with Crippen LogP contribution >= 0.6 is 22.7 Å². The van der Waals surface area contributed by atoms with E-state index in [1.165, 1.54) is 22.7 Å². The molecule has 0 aromatic carbocycles. The fraction of sp³-hybridized carbons (Fsp3) is 0. The third kappa shape index (κ3) is 1.15. The van der Waals surface area contributed by atoms with E-state index in [2.05, 4.69) is 9.97 Å². The van der Waals surface area contributed by atoms with E-state index in [1.807, 2.05) is 5.38 Å². The zero-order valence-corrected chi connectivity index (χ0v) is 7.65. The summed E-state index contributed by atoms with van der Waals surface area (Å²) in [5, 5.41) is 3.00. The van der Waals surface area contributed by atoms with Gasteiger partial charge in [-0.3, -0.25) is 0 Å². The van der Waals surface area contributed by atoms with Gasteiger partial charge in [0.1, 0.15) is 16.4 Å². The van der Waals surface area contributed by atoms with Crippen LogP contribution in [-0.2, 0) is 0 Å². The molecule has 0 amide bonds. The van der Waals surface area contributed by atoms with Crippen LogP contribution in [0, 0.1) is 0 Å². The summed E-state index contributed by atoms with van der Waals surface area (Å²) in [6, 6.07) is 0. The maximum absolute atomic E-state index is 5.67. The van der Waals surface area contributed by atoms with Gasteiger partial charge in [0.05, 0.1) is 5.51 Å². The van der Waals surface area contributed by atoms with Crippen molar-refractivity contribution in [3.05, 3.63) is 10.9 Å². The Morgan fingerprint density at radius 2 is 2.17 bits per heavy atom. The Morgan fingerprint density at radius 3 is 2.67 bits per heavy atom. The first-order valence-electron chi connectivity index (χ1n) is 3.17. The summed E-state index contributed by atoms with van der Waals surface area (Å²) in [6.45, 7) is 0. The minimum Gasteiger partial charge on any atom is -0.389 e. The van der Waals surface area contributed by atoms with Gasteiger partial charge in [-0.25, -0.2) is 9.97 Å². The highest BCUT2D eigenvalue weighted by Gasteiger charge is 2.09. The van der Waals surface area contributed by atoms with Crippen molar-refractivity contribution in [2.45, 2.75) is 0 Å². The molecule has 0 bridgehead atoms. The van der Waals surface area contributed by atoms with Crippen molar-refractivity contribution in [2.75, 3.05) is 11.5 Å². The fourth-order valence-electron chi connectivity index (χ4n) is 0.862. The predicted molar refractivity (Wildman–Crippen MR) is 52.0 cm³/mol. The molecule has 0 aliphatic carbocycles. The first-order valence-corrected chi connectivity index (χ1v) is 4.93. The number of nitrogen functional groups attached to an aromatic ring is 2. The lowest BCUT2D eigenvalue weighted by atomic mass is 10.4. The van der Waals surface area contributed by atoms with Crippen LogP contribution in [0.3, 0.4) is 0 Å². The summed E-state index contributed by atoms with van der Waals surface area (Å²) < 4.78 is 0. The van der Waals surface area contributed by atoms with Gasteiger partial charge in [0.15, 0.2) is 5.13 Å². The van der Waals surface area contributed by atoms with E-state index < -0.39 is 0 Å². The largest absolute Gasteiger partial charge is 0.389 e.